The standard InChI is InChI=1S/C24H32N2O2/c1-16(2)28-24-9-8-22(17(3)12-24)14-26-11-10-21-13-20(6-7-23(21)15-26)18(4)25-19(5)27/h6-9,12-13,16,18H,10-11,14-15H2,1-5H3,(H,25,27). The van der Waals surface area contributed by atoms with Crippen LogP contribution in [0.25, 0.3) is 0 Å². The summed E-state index contributed by atoms with van der Waals surface area (Å²) in [6, 6.07) is 13.1. The highest BCUT2D eigenvalue weighted by Crippen LogP contribution is 2.26. The second-order valence-electron chi connectivity index (χ2n) is 8.17. The Bertz CT molecular complexity index is 844. The van der Waals surface area contributed by atoms with Gasteiger partial charge in [-0.1, -0.05) is 24.3 Å². The number of nitrogens with one attached hydrogen (secondary N) is 1. The summed E-state index contributed by atoms with van der Waals surface area (Å²) in [5.74, 6) is 0.956. The minimum atomic E-state index is 0.0107. The van der Waals surface area contributed by atoms with Gasteiger partial charge in [-0.25, -0.2) is 0 Å². The van der Waals surface area contributed by atoms with E-state index in [4.69, 9.17) is 4.74 Å². The highest BCUT2D eigenvalue weighted by Gasteiger charge is 2.19. The molecule has 1 unspecified atom stereocenters. The van der Waals surface area contributed by atoms with Gasteiger partial charge in [0, 0.05) is 26.6 Å². The summed E-state index contributed by atoms with van der Waals surface area (Å²) in [5, 5.41) is 2.97. The van der Waals surface area contributed by atoms with Crippen molar-refractivity contribution in [2.24, 2.45) is 0 Å². The topological polar surface area (TPSA) is 41.6 Å². The van der Waals surface area contributed by atoms with Gasteiger partial charge in [0.2, 0.25) is 5.91 Å². The molecule has 1 aliphatic heterocycles. The predicted octanol–water partition coefficient (Wildman–Crippen LogP) is 4.54. The first-order chi connectivity index (χ1) is 13.3. The summed E-state index contributed by atoms with van der Waals surface area (Å²) >= 11 is 0. The number of fused-ring (bicyclic) bond motifs is 1. The van der Waals surface area contributed by atoms with Crippen molar-refractivity contribution in [3.05, 3.63) is 64.2 Å². The lowest BCUT2D eigenvalue weighted by Gasteiger charge is -2.30. The van der Waals surface area contributed by atoms with Gasteiger partial charge in [0.25, 0.3) is 0 Å². The first-order valence-corrected chi connectivity index (χ1v) is 10.2. The Morgan fingerprint density at radius 1 is 1.14 bits per heavy atom. The Kier molecular flexibility index (Phi) is 6.40. The Hall–Kier alpha value is -2.33. The molecule has 2 aromatic rings. The van der Waals surface area contributed by atoms with Gasteiger partial charge in [-0.15, -0.1) is 0 Å². The molecule has 0 spiro atoms. The molecule has 1 aliphatic rings. The van der Waals surface area contributed by atoms with Crippen LogP contribution in [0.1, 0.15) is 61.6 Å². The van der Waals surface area contributed by atoms with E-state index in [-0.39, 0.29) is 18.1 Å². The third kappa shape index (κ3) is 5.14. The van der Waals surface area contributed by atoms with Gasteiger partial charge in [0.1, 0.15) is 5.75 Å². The summed E-state index contributed by atoms with van der Waals surface area (Å²) in [6.07, 6.45) is 1.24. The van der Waals surface area contributed by atoms with Crippen molar-refractivity contribution < 1.29 is 9.53 Å². The van der Waals surface area contributed by atoms with Gasteiger partial charge in [-0.05, 0) is 74.1 Å². The first kappa shape index (κ1) is 20.4. The van der Waals surface area contributed by atoms with Crippen LogP contribution in [0.2, 0.25) is 0 Å². The molecule has 4 heteroatoms. The highest BCUT2D eigenvalue weighted by molar-refractivity contribution is 5.73. The predicted molar refractivity (Wildman–Crippen MR) is 113 cm³/mol. The largest absolute Gasteiger partial charge is 0.491 e. The number of amides is 1. The molecule has 0 aliphatic carbocycles. The van der Waals surface area contributed by atoms with Gasteiger partial charge in [0.05, 0.1) is 12.1 Å². The summed E-state index contributed by atoms with van der Waals surface area (Å²) in [5.41, 5.74) is 6.61. The first-order valence-electron chi connectivity index (χ1n) is 10.2. The maximum absolute atomic E-state index is 11.3. The van der Waals surface area contributed by atoms with Crippen molar-refractivity contribution in [3.8, 4) is 5.75 Å². The van der Waals surface area contributed by atoms with E-state index < -0.39 is 0 Å². The Morgan fingerprint density at radius 2 is 1.93 bits per heavy atom. The van der Waals surface area contributed by atoms with E-state index in [1.54, 1.807) is 6.92 Å². The number of rotatable bonds is 6. The average Bonchev–Trinajstić information content (AvgIpc) is 2.62. The van der Waals surface area contributed by atoms with Crippen LogP contribution in [0.4, 0.5) is 0 Å². The zero-order valence-corrected chi connectivity index (χ0v) is 17.7. The lowest BCUT2D eigenvalue weighted by atomic mass is 9.94. The normalized spacial score (nSPS) is 15.2. The minimum absolute atomic E-state index is 0.0107. The molecule has 0 radical (unpaired) electrons. The van der Waals surface area contributed by atoms with E-state index in [1.165, 1.54) is 27.8 Å². The lowest BCUT2D eigenvalue weighted by Crippen LogP contribution is -2.30. The van der Waals surface area contributed by atoms with E-state index in [2.05, 4.69) is 67.4 Å². The highest BCUT2D eigenvalue weighted by atomic mass is 16.5. The summed E-state index contributed by atoms with van der Waals surface area (Å²) in [7, 11) is 0. The molecule has 0 saturated carbocycles. The SMILES string of the molecule is CC(=O)NC(C)c1ccc2c(c1)CCN(Cc1ccc(OC(C)C)cc1C)C2. The molecule has 150 valence electrons. The number of ether oxygens (including phenoxy) is 1. The number of carbonyl (C=O) groups is 1. The Labute approximate surface area is 168 Å². The van der Waals surface area contributed by atoms with Gasteiger partial charge in [0.15, 0.2) is 0 Å². The molecule has 2 aromatic carbocycles. The molecule has 1 atom stereocenters. The Balaban J connectivity index is 1.66. The van der Waals surface area contributed by atoms with Crippen LogP contribution in [-0.2, 0) is 24.3 Å². The number of aryl methyl sites for hydroxylation is 1. The van der Waals surface area contributed by atoms with E-state index in [1.807, 2.05) is 6.92 Å². The fourth-order valence-electron chi connectivity index (χ4n) is 3.86. The van der Waals surface area contributed by atoms with E-state index in [0.29, 0.717) is 0 Å². The van der Waals surface area contributed by atoms with Crippen LogP contribution in [0.3, 0.4) is 0 Å². The molecule has 1 heterocycles. The van der Waals surface area contributed by atoms with Crippen LogP contribution in [-0.4, -0.2) is 23.5 Å². The van der Waals surface area contributed by atoms with Crippen molar-refractivity contribution in [2.45, 2.75) is 66.3 Å². The molecule has 0 fully saturated rings. The van der Waals surface area contributed by atoms with Crippen molar-refractivity contribution in [1.82, 2.24) is 10.2 Å². The fourth-order valence-corrected chi connectivity index (χ4v) is 3.86. The Morgan fingerprint density at radius 3 is 2.61 bits per heavy atom. The maximum Gasteiger partial charge on any atom is 0.217 e. The number of benzene rings is 2. The smallest absolute Gasteiger partial charge is 0.217 e. The van der Waals surface area contributed by atoms with Crippen LogP contribution in [0, 0.1) is 6.92 Å². The molecular weight excluding hydrogens is 348 g/mol. The molecule has 3 rings (SSSR count). The molecule has 1 amide bonds. The molecule has 28 heavy (non-hydrogen) atoms. The molecule has 1 N–H and O–H groups in total. The van der Waals surface area contributed by atoms with E-state index >= 15 is 0 Å². The average molecular weight is 381 g/mol. The zero-order valence-electron chi connectivity index (χ0n) is 17.7. The van der Waals surface area contributed by atoms with Gasteiger partial charge >= 0.3 is 0 Å². The van der Waals surface area contributed by atoms with Crippen LogP contribution < -0.4 is 10.1 Å². The van der Waals surface area contributed by atoms with Crippen molar-refractivity contribution in [3.63, 3.8) is 0 Å². The third-order valence-corrected chi connectivity index (χ3v) is 5.32. The van der Waals surface area contributed by atoms with Crippen molar-refractivity contribution in [2.75, 3.05) is 6.54 Å². The van der Waals surface area contributed by atoms with Crippen LogP contribution in [0.5, 0.6) is 5.75 Å². The molecule has 0 aromatic heterocycles. The van der Waals surface area contributed by atoms with Crippen LogP contribution in [0.15, 0.2) is 36.4 Å². The number of hydrogen-bond acceptors (Lipinski definition) is 3. The second kappa shape index (κ2) is 8.78. The number of nitrogens with zero attached hydrogens (tertiary/aromatic N) is 1. The van der Waals surface area contributed by atoms with E-state index in [0.717, 1.165) is 31.8 Å². The quantitative estimate of drug-likeness (QED) is 0.800. The minimum Gasteiger partial charge on any atom is -0.491 e. The second-order valence-corrected chi connectivity index (χ2v) is 8.17. The number of hydrogen-bond donors (Lipinski definition) is 1. The van der Waals surface area contributed by atoms with Gasteiger partial charge < -0.3 is 10.1 Å². The molecule has 4 nitrogen and oxygen atoms in total. The zero-order chi connectivity index (χ0) is 20.3. The van der Waals surface area contributed by atoms with Gasteiger partial charge in [-0.3, -0.25) is 9.69 Å². The molecular formula is C24H32N2O2. The van der Waals surface area contributed by atoms with Crippen molar-refractivity contribution in [1.29, 1.82) is 0 Å². The third-order valence-electron chi connectivity index (χ3n) is 5.32. The molecule has 0 saturated heterocycles. The summed E-state index contributed by atoms with van der Waals surface area (Å²) < 4.78 is 5.80. The van der Waals surface area contributed by atoms with Crippen molar-refractivity contribution >= 4 is 5.91 Å². The summed E-state index contributed by atoms with van der Waals surface area (Å²) in [4.78, 5) is 13.8. The maximum atomic E-state index is 11.3. The van der Waals surface area contributed by atoms with Gasteiger partial charge in [-0.2, -0.15) is 0 Å². The summed E-state index contributed by atoms with van der Waals surface area (Å²) in [6.45, 7) is 12.8. The molecule has 0 bridgehead atoms. The lowest BCUT2D eigenvalue weighted by molar-refractivity contribution is -0.119. The van der Waals surface area contributed by atoms with E-state index in [9.17, 15) is 4.79 Å². The van der Waals surface area contributed by atoms with Crippen LogP contribution >= 0.6 is 0 Å². The fraction of sp³-hybridized carbons (Fsp3) is 0.458. The monoisotopic (exact) mass is 380 g/mol. The number of carbonyl (C=O) groups excluding carboxylic acids is 1.